The third-order valence-corrected chi connectivity index (χ3v) is 7.45. The van der Waals surface area contributed by atoms with E-state index in [0.717, 1.165) is 16.6 Å². The zero-order chi connectivity index (χ0) is 26.1. The lowest BCUT2D eigenvalue weighted by molar-refractivity contribution is -0.136. The smallest absolute Gasteiger partial charge is 0.253 e. The number of nitrogens with one attached hydrogen (secondary N) is 2. The van der Waals surface area contributed by atoms with Crippen molar-refractivity contribution in [3.05, 3.63) is 84.8 Å². The number of benzene rings is 2. The Balaban J connectivity index is 1.21. The maximum atomic E-state index is 13.9. The molecule has 0 atom stereocenters. The number of pyridine rings is 1. The van der Waals surface area contributed by atoms with Gasteiger partial charge in [-0.1, -0.05) is 18.2 Å². The highest BCUT2D eigenvalue weighted by Crippen LogP contribution is 2.39. The number of para-hydroxylation sites is 1. The average molecular weight is 510 g/mol. The van der Waals surface area contributed by atoms with Crippen LogP contribution in [0.2, 0.25) is 0 Å². The number of H-pyrrole nitrogens is 1. The largest absolute Gasteiger partial charge is 0.339 e. The molecular formula is C28H27N7O3. The second-order valence-electron chi connectivity index (χ2n) is 9.69. The van der Waals surface area contributed by atoms with Crippen LogP contribution in [0, 0.1) is 0 Å². The predicted octanol–water partition coefficient (Wildman–Crippen LogP) is 2.88. The number of fused-ring (bicyclic) bond motifs is 1. The fourth-order valence-corrected chi connectivity index (χ4v) is 5.47. The quantitative estimate of drug-likeness (QED) is 0.428. The number of aromatic nitrogens is 3. The summed E-state index contributed by atoms with van der Waals surface area (Å²) in [5.41, 5.74) is 2.21. The number of hydrogen-bond donors (Lipinski definition) is 2. The van der Waals surface area contributed by atoms with Crippen molar-refractivity contribution in [1.29, 1.82) is 0 Å². The number of aromatic amines is 1. The van der Waals surface area contributed by atoms with Gasteiger partial charge in [-0.3, -0.25) is 24.5 Å². The van der Waals surface area contributed by atoms with Gasteiger partial charge in [-0.2, -0.15) is 5.10 Å². The van der Waals surface area contributed by atoms with Gasteiger partial charge in [-0.05, 0) is 55.3 Å². The fourth-order valence-electron chi connectivity index (χ4n) is 5.47. The second kappa shape index (κ2) is 9.62. The molecule has 4 heterocycles. The third-order valence-electron chi connectivity index (χ3n) is 7.45. The maximum Gasteiger partial charge on any atom is 0.253 e. The third kappa shape index (κ3) is 4.23. The first-order chi connectivity index (χ1) is 18.5. The van der Waals surface area contributed by atoms with Crippen molar-refractivity contribution in [3.63, 3.8) is 0 Å². The highest BCUT2D eigenvalue weighted by atomic mass is 16.2. The molecule has 38 heavy (non-hydrogen) atoms. The Morgan fingerprint density at radius 2 is 1.76 bits per heavy atom. The van der Waals surface area contributed by atoms with Crippen LogP contribution in [-0.4, -0.2) is 74.5 Å². The van der Waals surface area contributed by atoms with Gasteiger partial charge in [0.1, 0.15) is 12.1 Å². The number of anilines is 2. The van der Waals surface area contributed by atoms with Crippen LogP contribution in [0.1, 0.15) is 23.2 Å². The van der Waals surface area contributed by atoms with Crippen molar-refractivity contribution in [2.45, 2.75) is 18.4 Å². The molecule has 1 spiro atoms. The Bertz CT molecular complexity index is 1480. The summed E-state index contributed by atoms with van der Waals surface area (Å²) in [4.78, 5) is 49.5. The highest BCUT2D eigenvalue weighted by molar-refractivity contribution is 6.00. The summed E-state index contributed by atoms with van der Waals surface area (Å²) in [6.07, 6.45) is 5.85. The molecule has 2 aliphatic rings. The van der Waals surface area contributed by atoms with Crippen LogP contribution >= 0.6 is 0 Å². The minimum absolute atomic E-state index is 0.0560. The SMILES string of the molecule is O=C(CN1CN(c2ccccc2)C2(CCN(C(=O)c3ccc4[nH]ncc4c3)CC2)C1=O)Nc1ccncc1. The van der Waals surface area contributed by atoms with E-state index in [2.05, 4.69) is 25.4 Å². The molecule has 2 aromatic carbocycles. The van der Waals surface area contributed by atoms with Crippen LogP contribution in [0.4, 0.5) is 11.4 Å². The van der Waals surface area contributed by atoms with E-state index in [0.29, 0.717) is 43.9 Å². The molecule has 3 amide bonds. The first kappa shape index (κ1) is 23.7. The van der Waals surface area contributed by atoms with Gasteiger partial charge in [0.15, 0.2) is 0 Å². The molecule has 2 N–H and O–H groups in total. The fraction of sp³-hybridized carbons (Fsp3) is 0.250. The standard InChI is InChI=1S/C28H27N7O3/c36-25(31-22-8-12-29-13-9-22)18-34-19-35(23-4-2-1-3-5-23)28(27(34)38)10-14-33(15-11-28)26(37)20-6-7-24-21(16-20)17-30-32-24/h1-9,12-13,16-17H,10-11,14-15,18-19H2,(H,30,32)(H,29,31,36). The van der Waals surface area contributed by atoms with Crippen molar-refractivity contribution in [2.24, 2.45) is 0 Å². The van der Waals surface area contributed by atoms with Crippen LogP contribution in [0.3, 0.4) is 0 Å². The zero-order valence-electron chi connectivity index (χ0n) is 20.7. The van der Waals surface area contributed by atoms with Gasteiger partial charge in [0, 0.05) is 47.8 Å². The average Bonchev–Trinajstić information content (AvgIpc) is 3.53. The predicted molar refractivity (Wildman–Crippen MR) is 142 cm³/mol. The van der Waals surface area contributed by atoms with Gasteiger partial charge >= 0.3 is 0 Å². The lowest BCUT2D eigenvalue weighted by Gasteiger charge is -2.43. The van der Waals surface area contributed by atoms with E-state index < -0.39 is 5.54 Å². The van der Waals surface area contributed by atoms with Gasteiger partial charge in [-0.15, -0.1) is 0 Å². The number of hydrogen-bond acceptors (Lipinski definition) is 6. The lowest BCUT2D eigenvalue weighted by Crippen LogP contribution is -2.57. The molecule has 0 saturated carbocycles. The Labute approximate surface area is 219 Å². The Kier molecular flexibility index (Phi) is 5.99. The van der Waals surface area contributed by atoms with Gasteiger partial charge in [0.25, 0.3) is 11.8 Å². The van der Waals surface area contributed by atoms with Crippen molar-refractivity contribution >= 4 is 40.0 Å². The highest BCUT2D eigenvalue weighted by Gasteiger charge is 2.54. The van der Waals surface area contributed by atoms with E-state index >= 15 is 0 Å². The molecule has 6 rings (SSSR count). The number of nitrogens with zero attached hydrogens (tertiary/aromatic N) is 5. The summed E-state index contributed by atoms with van der Waals surface area (Å²) < 4.78 is 0. The summed E-state index contributed by atoms with van der Waals surface area (Å²) in [7, 11) is 0. The van der Waals surface area contributed by atoms with E-state index in [4.69, 9.17) is 0 Å². The second-order valence-corrected chi connectivity index (χ2v) is 9.69. The summed E-state index contributed by atoms with van der Waals surface area (Å²) in [6.45, 7) is 1.13. The molecule has 0 bridgehead atoms. The molecule has 10 heteroatoms. The number of carbonyl (C=O) groups is 3. The summed E-state index contributed by atoms with van der Waals surface area (Å²) in [5.74, 6) is -0.414. The first-order valence-electron chi connectivity index (χ1n) is 12.6. The van der Waals surface area contributed by atoms with Gasteiger partial charge in [0.2, 0.25) is 5.91 Å². The summed E-state index contributed by atoms with van der Waals surface area (Å²) >= 11 is 0. The Morgan fingerprint density at radius 3 is 2.53 bits per heavy atom. The molecular weight excluding hydrogens is 482 g/mol. The minimum atomic E-state index is -0.816. The van der Waals surface area contributed by atoms with E-state index in [9.17, 15) is 14.4 Å². The van der Waals surface area contributed by atoms with Crippen molar-refractivity contribution in [1.82, 2.24) is 25.0 Å². The van der Waals surface area contributed by atoms with Gasteiger partial charge < -0.3 is 20.0 Å². The van der Waals surface area contributed by atoms with Crippen LogP contribution in [0.15, 0.2) is 79.3 Å². The van der Waals surface area contributed by atoms with E-state index in [1.165, 1.54) is 0 Å². The summed E-state index contributed by atoms with van der Waals surface area (Å²) in [6, 6.07) is 18.7. The van der Waals surface area contributed by atoms with Crippen LogP contribution in [-0.2, 0) is 9.59 Å². The molecule has 0 aliphatic carbocycles. The molecule has 0 radical (unpaired) electrons. The molecule has 192 valence electrons. The maximum absolute atomic E-state index is 13.9. The molecule has 2 aromatic heterocycles. The van der Waals surface area contributed by atoms with Crippen molar-refractivity contribution < 1.29 is 14.4 Å². The first-order valence-corrected chi connectivity index (χ1v) is 12.6. The molecule has 2 saturated heterocycles. The van der Waals surface area contributed by atoms with E-state index in [1.807, 2.05) is 47.4 Å². The number of likely N-dealkylation sites (tertiary alicyclic amines) is 1. The lowest BCUT2D eigenvalue weighted by atomic mass is 9.85. The van der Waals surface area contributed by atoms with Crippen molar-refractivity contribution in [2.75, 3.05) is 36.5 Å². The topological polar surface area (TPSA) is 115 Å². The van der Waals surface area contributed by atoms with Crippen LogP contribution in [0.25, 0.3) is 10.9 Å². The molecule has 0 unspecified atom stereocenters. The number of amides is 3. The number of carbonyl (C=O) groups excluding carboxylic acids is 3. The molecule has 2 fully saturated rings. The normalized spacial score (nSPS) is 16.8. The minimum Gasteiger partial charge on any atom is -0.339 e. The molecule has 4 aromatic rings. The number of rotatable bonds is 5. The number of piperidine rings is 1. The molecule has 2 aliphatic heterocycles. The Hall–Kier alpha value is -4.73. The Morgan fingerprint density at radius 1 is 1.00 bits per heavy atom. The molecule has 10 nitrogen and oxygen atoms in total. The van der Waals surface area contributed by atoms with Gasteiger partial charge in [0.05, 0.1) is 18.4 Å². The monoisotopic (exact) mass is 509 g/mol. The van der Waals surface area contributed by atoms with Gasteiger partial charge in [-0.25, -0.2) is 0 Å². The van der Waals surface area contributed by atoms with Crippen LogP contribution in [0.5, 0.6) is 0 Å². The van der Waals surface area contributed by atoms with Crippen molar-refractivity contribution in [3.8, 4) is 0 Å². The van der Waals surface area contributed by atoms with Crippen LogP contribution < -0.4 is 10.2 Å². The van der Waals surface area contributed by atoms with E-state index in [-0.39, 0.29) is 24.3 Å². The zero-order valence-corrected chi connectivity index (χ0v) is 20.7. The van der Waals surface area contributed by atoms with E-state index in [1.54, 1.807) is 41.7 Å². The summed E-state index contributed by atoms with van der Waals surface area (Å²) in [5, 5.41) is 10.6.